The number of amides is 1. The lowest BCUT2D eigenvalue weighted by atomic mass is 10.1. The van der Waals surface area contributed by atoms with Crippen molar-refractivity contribution in [3.05, 3.63) is 17.5 Å². The molecule has 5 heteroatoms. The molecule has 1 aromatic heterocycles. The van der Waals surface area contributed by atoms with Gasteiger partial charge in [0.05, 0.1) is 5.69 Å². The average molecular weight is 250 g/mol. The molecule has 1 fully saturated rings. The number of nitrogens with one attached hydrogen (secondary N) is 2. The van der Waals surface area contributed by atoms with Crippen LogP contribution in [0.5, 0.6) is 0 Å². The summed E-state index contributed by atoms with van der Waals surface area (Å²) in [6, 6.07) is 2.44. The van der Waals surface area contributed by atoms with Crippen LogP contribution in [0.25, 0.3) is 0 Å². The number of hydrogen-bond donors (Lipinski definition) is 2. The van der Waals surface area contributed by atoms with E-state index in [2.05, 4.69) is 15.7 Å². The van der Waals surface area contributed by atoms with E-state index in [1.54, 1.807) is 4.68 Å². The number of aryl methyl sites for hydroxylation is 2. The first kappa shape index (κ1) is 13.1. The van der Waals surface area contributed by atoms with Crippen molar-refractivity contribution in [3.63, 3.8) is 0 Å². The Hall–Kier alpha value is -1.36. The van der Waals surface area contributed by atoms with Crippen LogP contribution in [0.3, 0.4) is 0 Å². The molecule has 2 N–H and O–H groups in total. The van der Waals surface area contributed by atoms with Gasteiger partial charge in [0.2, 0.25) is 0 Å². The Morgan fingerprint density at radius 3 is 3.11 bits per heavy atom. The van der Waals surface area contributed by atoms with E-state index in [-0.39, 0.29) is 5.91 Å². The third kappa shape index (κ3) is 3.10. The van der Waals surface area contributed by atoms with Crippen LogP contribution in [0.15, 0.2) is 6.07 Å². The number of hydrogen-bond acceptors (Lipinski definition) is 3. The van der Waals surface area contributed by atoms with E-state index in [1.807, 2.05) is 20.0 Å². The van der Waals surface area contributed by atoms with Gasteiger partial charge in [-0.05, 0) is 38.3 Å². The first-order valence-electron chi connectivity index (χ1n) is 6.75. The summed E-state index contributed by atoms with van der Waals surface area (Å²) in [5, 5.41) is 10.7. The first-order valence-corrected chi connectivity index (χ1v) is 6.75. The largest absolute Gasteiger partial charge is 0.351 e. The zero-order valence-corrected chi connectivity index (χ0v) is 11.2. The molecule has 1 aliphatic rings. The number of rotatable bonds is 5. The highest BCUT2D eigenvalue weighted by Gasteiger charge is 2.15. The molecule has 0 unspecified atom stereocenters. The summed E-state index contributed by atoms with van der Waals surface area (Å²) in [7, 11) is 1.81. The summed E-state index contributed by atoms with van der Waals surface area (Å²) in [4.78, 5) is 12.0. The van der Waals surface area contributed by atoms with Gasteiger partial charge in [-0.15, -0.1) is 0 Å². The van der Waals surface area contributed by atoms with Gasteiger partial charge in [-0.2, -0.15) is 5.10 Å². The molecule has 2 heterocycles. The molecule has 0 bridgehead atoms. The molecule has 18 heavy (non-hydrogen) atoms. The topological polar surface area (TPSA) is 59.0 Å². The molecule has 0 radical (unpaired) electrons. The zero-order valence-electron chi connectivity index (χ0n) is 11.2. The molecule has 5 nitrogen and oxygen atoms in total. The molecule has 0 spiro atoms. The van der Waals surface area contributed by atoms with Crippen molar-refractivity contribution in [2.24, 2.45) is 7.05 Å². The van der Waals surface area contributed by atoms with Crippen LogP contribution in [0, 0.1) is 0 Å². The van der Waals surface area contributed by atoms with Gasteiger partial charge in [-0.3, -0.25) is 9.48 Å². The molecular formula is C13H22N4O. The second-order valence-corrected chi connectivity index (χ2v) is 4.84. The van der Waals surface area contributed by atoms with E-state index >= 15 is 0 Å². The third-order valence-corrected chi connectivity index (χ3v) is 3.47. The Morgan fingerprint density at radius 1 is 1.67 bits per heavy atom. The molecule has 1 saturated heterocycles. The highest BCUT2D eigenvalue weighted by Crippen LogP contribution is 2.08. The lowest BCUT2D eigenvalue weighted by Gasteiger charge is -2.10. The van der Waals surface area contributed by atoms with Gasteiger partial charge in [0.25, 0.3) is 5.91 Å². The molecular weight excluding hydrogens is 228 g/mol. The van der Waals surface area contributed by atoms with Gasteiger partial charge in [0, 0.05) is 19.6 Å². The average Bonchev–Trinajstić information content (AvgIpc) is 2.98. The van der Waals surface area contributed by atoms with Gasteiger partial charge < -0.3 is 10.6 Å². The molecule has 0 aromatic carbocycles. The Bertz CT molecular complexity index is 407. The number of carbonyl (C=O) groups is 1. The SMILES string of the molecule is CCc1cc(C(=O)NCC[C@H]2CCCN2)n(C)n1. The molecule has 0 aliphatic carbocycles. The molecule has 1 aliphatic heterocycles. The van der Waals surface area contributed by atoms with Crippen molar-refractivity contribution in [1.82, 2.24) is 20.4 Å². The van der Waals surface area contributed by atoms with E-state index < -0.39 is 0 Å². The molecule has 1 aromatic rings. The van der Waals surface area contributed by atoms with Crippen molar-refractivity contribution < 1.29 is 4.79 Å². The normalized spacial score (nSPS) is 19.1. The van der Waals surface area contributed by atoms with E-state index in [1.165, 1.54) is 12.8 Å². The minimum absolute atomic E-state index is 0.0253. The maximum Gasteiger partial charge on any atom is 0.269 e. The fourth-order valence-corrected chi connectivity index (χ4v) is 2.37. The Labute approximate surface area is 108 Å². The minimum atomic E-state index is -0.0253. The van der Waals surface area contributed by atoms with Crippen LogP contribution in [0.2, 0.25) is 0 Å². The van der Waals surface area contributed by atoms with E-state index in [9.17, 15) is 4.79 Å². The monoisotopic (exact) mass is 250 g/mol. The van der Waals surface area contributed by atoms with Crippen molar-refractivity contribution in [2.75, 3.05) is 13.1 Å². The maximum atomic E-state index is 12.0. The Balaban J connectivity index is 1.81. The first-order chi connectivity index (χ1) is 8.70. The summed E-state index contributed by atoms with van der Waals surface area (Å²) in [5.41, 5.74) is 1.60. The lowest BCUT2D eigenvalue weighted by molar-refractivity contribution is 0.0943. The quantitative estimate of drug-likeness (QED) is 0.814. The van der Waals surface area contributed by atoms with Gasteiger partial charge >= 0.3 is 0 Å². The highest BCUT2D eigenvalue weighted by atomic mass is 16.2. The van der Waals surface area contributed by atoms with E-state index in [0.29, 0.717) is 11.7 Å². The predicted octanol–water partition coefficient (Wildman–Crippen LogP) is 0.854. The van der Waals surface area contributed by atoms with Gasteiger partial charge in [0.1, 0.15) is 5.69 Å². The van der Waals surface area contributed by atoms with Crippen molar-refractivity contribution >= 4 is 5.91 Å². The van der Waals surface area contributed by atoms with Crippen molar-refractivity contribution in [3.8, 4) is 0 Å². The van der Waals surface area contributed by atoms with Crippen LogP contribution in [-0.4, -0.2) is 34.8 Å². The number of aromatic nitrogens is 2. The van der Waals surface area contributed by atoms with Crippen LogP contribution >= 0.6 is 0 Å². The van der Waals surface area contributed by atoms with Crippen LogP contribution in [0.1, 0.15) is 42.4 Å². The zero-order chi connectivity index (χ0) is 13.0. The molecule has 0 saturated carbocycles. The molecule has 2 rings (SSSR count). The van der Waals surface area contributed by atoms with E-state index in [0.717, 1.165) is 31.6 Å². The van der Waals surface area contributed by atoms with Gasteiger partial charge in [-0.1, -0.05) is 6.92 Å². The summed E-state index contributed by atoms with van der Waals surface area (Å²) in [5.74, 6) is -0.0253. The highest BCUT2D eigenvalue weighted by molar-refractivity contribution is 5.92. The van der Waals surface area contributed by atoms with Crippen molar-refractivity contribution in [1.29, 1.82) is 0 Å². The van der Waals surface area contributed by atoms with Gasteiger partial charge in [0.15, 0.2) is 0 Å². The number of carbonyl (C=O) groups excluding carboxylic acids is 1. The summed E-state index contributed by atoms with van der Waals surface area (Å²) in [6.45, 7) is 3.87. The Kier molecular flexibility index (Phi) is 4.36. The second-order valence-electron chi connectivity index (χ2n) is 4.84. The molecule has 1 atom stereocenters. The molecule has 1 amide bonds. The van der Waals surface area contributed by atoms with E-state index in [4.69, 9.17) is 0 Å². The summed E-state index contributed by atoms with van der Waals surface area (Å²) < 4.78 is 1.65. The summed E-state index contributed by atoms with van der Waals surface area (Å²) >= 11 is 0. The molecule has 100 valence electrons. The predicted molar refractivity (Wildman–Crippen MR) is 70.6 cm³/mol. The fraction of sp³-hybridized carbons (Fsp3) is 0.692. The Morgan fingerprint density at radius 2 is 2.50 bits per heavy atom. The maximum absolute atomic E-state index is 12.0. The fourth-order valence-electron chi connectivity index (χ4n) is 2.37. The number of nitrogens with zero attached hydrogens (tertiary/aromatic N) is 2. The standard InChI is InChI=1S/C13H22N4O/c1-3-10-9-12(17(2)16-10)13(18)15-8-6-11-5-4-7-14-11/h9,11,14H,3-8H2,1-2H3,(H,15,18)/t11-/m1/s1. The van der Waals surface area contributed by atoms with Crippen LogP contribution < -0.4 is 10.6 Å². The van der Waals surface area contributed by atoms with Gasteiger partial charge in [-0.25, -0.2) is 0 Å². The lowest BCUT2D eigenvalue weighted by Crippen LogP contribution is -2.31. The minimum Gasteiger partial charge on any atom is -0.351 e. The van der Waals surface area contributed by atoms with Crippen LogP contribution in [-0.2, 0) is 13.5 Å². The van der Waals surface area contributed by atoms with Crippen molar-refractivity contribution in [2.45, 2.75) is 38.6 Å². The summed E-state index contributed by atoms with van der Waals surface area (Å²) in [6.07, 6.45) is 4.33. The van der Waals surface area contributed by atoms with Crippen LogP contribution in [0.4, 0.5) is 0 Å². The second kappa shape index (κ2) is 6.00. The third-order valence-electron chi connectivity index (χ3n) is 3.47. The smallest absolute Gasteiger partial charge is 0.269 e.